The van der Waals surface area contributed by atoms with Gasteiger partial charge in [-0.2, -0.15) is 10.1 Å². The highest BCUT2D eigenvalue weighted by Crippen LogP contribution is 2.20. The highest BCUT2D eigenvalue weighted by Gasteiger charge is 2.04. The van der Waals surface area contributed by atoms with Gasteiger partial charge in [0.15, 0.2) is 5.82 Å². The van der Waals surface area contributed by atoms with Gasteiger partial charge in [0.1, 0.15) is 5.75 Å². The van der Waals surface area contributed by atoms with Gasteiger partial charge in [-0.1, -0.05) is 12.1 Å². The van der Waals surface area contributed by atoms with Crippen molar-refractivity contribution in [2.45, 2.75) is 20.3 Å². The van der Waals surface area contributed by atoms with Crippen LogP contribution < -0.4 is 20.3 Å². The first-order valence-corrected chi connectivity index (χ1v) is 9.90. The van der Waals surface area contributed by atoms with E-state index in [4.69, 9.17) is 4.74 Å². The Morgan fingerprint density at radius 3 is 2.55 bits per heavy atom. The highest BCUT2D eigenvalue weighted by atomic mass is 16.5. The van der Waals surface area contributed by atoms with Crippen molar-refractivity contribution in [3.63, 3.8) is 0 Å². The van der Waals surface area contributed by atoms with Gasteiger partial charge in [0, 0.05) is 31.0 Å². The number of nitrogens with zero attached hydrogens (tertiary/aromatic N) is 4. The van der Waals surface area contributed by atoms with Crippen LogP contribution in [0.25, 0.3) is 0 Å². The molecule has 152 valence electrons. The van der Waals surface area contributed by atoms with E-state index in [1.807, 2.05) is 30.3 Å². The van der Waals surface area contributed by atoms with E-state index in [0.717, 1.165) is 30.9 Å². The Morgan fingerprint density at radius 1 is 1.03 bits per heavy atom. The number of aromatic nitrogens is 3. The van der Waals surface area contributed by atoms with Crippen LogP contribution in [-0.4, -0.2) is 41.9 Å². The molecule has 0 atom stereocenters. The van der Waals surface area contributed by atoms with Crippen LogP contribution in [0.3, 0.4) is 0 Å². The minimum Gasteiger partial charge on any atom is -0.497 e. The number of hydrogen-bond acceptors (Lipinski definition) is 7. The van der Waals surface area contributed by atoms with Crippen LogP contribution in [0.1, 0.15) is 19.4 Å². The zero-order chi connectivity index (χ0) is 20.5. The maximum atomic E-state index is 5.26. The quantitative estimate of drug-likeness (QED) is 0.537. The SMILES string of the molecule is CCN(CC)c1ccc(Nc2cnnc(NCCc3cccc(OC)c3)n2)cc1. The summed E-state index contributed by atoms with van der Waals surface area (Å²) in [6.45, 7) is 7.00. The summed E-state index contributed by atoms with van der Waals surface area (Å²) < 4.78 is 5.26. The molecule has 2 N–H and O–H groups in total. The van der Waals surface area contributed by atoms with Crippen molar-refractivity contribution in [1.82, 2.24) is 15.2 Å². The Hall–Kier alpha value is -3.35. The minimum atomic E-state index is 0.498. The normalized spacial score (nSPS) is 10.4. The molecule has 0 aliphatic carbocycles. The first-order chi connectivity index (χ1) is 14.2. The second kappa shape index (κ2) is 10.3. The van der Waals surface area contributed by atoms with Crippen LogP contribution in [0, 0.1) is 0 Å². The summed E-state index contributed by atoms with van der Waals surface area (Å²) in [4.78, 5) is 6.80. The lowest BCUT2D eigenvalue weighted by Gasteiger charge is -2.21. The Kier molecular flexibility index (Phi) is 7.22. The number of hydrogen-bond donors (Lipinski definition) is 2. The maximum absolute atomic E-state index is 5.26. The lowest BCUT2D eigenvalue weighted by molar-refractivity contribution is 0.414. The summed E-state index contributed by atoms with van der Waals surface area (Å²) in [5.74, 6) is 2.01. The molecule has 1 heterocycles. The van der Waals surface area contributed by atoms with Crippen molar-refractivity contribution in [1.29, 1.82) is 0 Å². The van der Waals surface area contributed by atoms with E-state index in [2.05, 4.69) is 62.8 Å². The molecule has 0 saturated carbocycles. The molecule has 0 bridgehead atoms. The second-order valence-electron chi connectivity index (χ2n) is 6.54. The molecule has 0 radical (unpaired) electrons. The Bertz CT molecular complexity index is 896. The van der Waals surface area contributed by atoms with E-state index in [0.29, 0.717) is 18.3 Å². The highest BCUT2D eigenvalue weighted by molar-refractivity contribution is 5.60. The molecule has 0 spiro atoms. The summed E-state index contributed by atoms with van der Waals surface area (Å²) in [6.07, 6.45) is 2.45. The van der Waals surface area contributed by atoms with Crippen LogP contribution >= 0.6 is 0 Å². The third-order valence-electron chi connectivity index (χ3n) is 4.66. The van der Waals surface area contributed by atoms with E-state index < -0.39 is 0 Å². The van der Waals surface area contributed by atoms with Gasteiger partial charge in [0.25, 0.3) is 0 Å². The van der Waals surface area contributed by atoms with Crippen molar-refractivity contribution in [3.8, 4) is 5.75 Å². The summed E-state index contributed by atoms with van der Waals surface area (Å²) in [6, 6.07) is 16.3. The molecule has 0 amide bonds. The molecule has 0 saturated heterocycles. The molecular weight excluding hydrogens is 364 g/mol. The fourth-order valence-corrected chi connectivity index (χ4v) is 3.08. The molecule has 3 rings (SSSR count). The number of anilines is 4. The molecular formula is C22H28N6O. The summed E-state index contributed by atoms with van der Waals surface area (Å²) in [5, 5.41) is 14.6. The van der Waals surface area contributed by atoms with E-state index in [1.54, 1.807) is 13.3 Å². The smallest absolute Gasteiger partial charge is 0.244 e. The number of ether oxygens (including phenoxy) is 1. The van der Waals surface area contributed by atoms with Crippen LogP contribution in [0.15, 0.2) is 54.7 Å². The zero-order valence-electron chi connectivity index (χ0n) is 17.2. The van der Waals surface area contributed by atoms with Gasteiger partial charge in [-0.05, 0) is 62.2 Å². The second-order valence-corrected chi connectivity index (χ2v) is 6.54. The number of rotatable bonds is 10. The van der Waals surface area contributed by atoms with Gasteiger partial charge >= 0.3 is 0 Å². The minimum absolute atomic E-state index is 0.498. The third-order valence-corrected chi connectivity index (χ3v) is 4.66. The predicted octanol–water partition coefficient (Wildman–Crippen LogP) is 4.12. The van der Waals surface area contributed by atoms with Crippen molar-refractivity contribution in [3.05, 3.63) is 60.3 Å². The summed E-state index contributed by atoms with van der Waals surface area (Å²) >= 11 is 0. The standard InChI is InChI=1S/C22H28N6O/c1-4-28(5-2)19-11-9-18(10-12-19)25-21-16-24-27-22(26-21)23-14-13-17-7-6-8-20(15-17)29-3/h6-12,15-16H,4-5,13-14H2,1-3H3,(H2,23,25,26,27). The van der Waals surface area contributed by atoms with Crippen LogP contribution in [0.2, 0.25) is 0 Å². The Morgan fingerprint density at radius 2 is 1.83 bits per heavy atom. The van der Waals surface area contributed by atoms with Gasteiger partial charge in [-0.3, -0.25) is 0 Å². The lowest BCUT2D eigenvalue weighted by atomic mass is 10.1. The van der Waals surface area contributed by atoms with E-state index in [-0.39, 0.29) is 0 Å². The third kappa shape index (κ3) is 5.81. The van der Waals surface area contributed by atoms with Crippen molar-refractivity contribution >= 4 is 23.1 Å². The molecule has 7 heteroatoms. The first-order valence-electron chi connectivity index (χ1n) is 9.90. The largest absolute Gasteiger partial charge is 0.497 e. The lowest BCUT2D eigenvalue weighted by Crippen LogP contribution is -2.21. The van der Waals surface area contributed by atoms with Gasteiger partial charge < -0.3 is 20.3 Å². The van der Waals surface area contributed by atoms with Crippen molar-refractivity contribution < 1.29 is 4.74 Å². The zero-order valence-corrected chi connectivity index (χ0v) is 17.2. The van der Waals surface area contributed by atoms with E-state index in [1.165, 1.54) is 11.3 Å². The fraction of sp³-hybridized carbons (Fsp3) is 0.318. The van der Waals surface area contributed by atoms with E-state index in [9.17, 15) is 0 Å². The fourth-order valence-electron chi connectivity index (χ4n) is 3.08. The molecule has 7 nitrogen and oxygen atoms in total. The predicted molar refractivity (Wildman–Crippen MR) is 118 cm³/mol. The van der Waals surface area contributed by atoms with Gasteiger partial charge in [-0.15, -0.1) is 5.10 Å². The van der Waals surface area contributed by atoms with Crippen molar-refractivity contribution in [2.24, 2.45) is 0 Å². The molecule has 0 unspecified atom stereocenters. The molecule has 0 aliphatic rings. The average Bonchev–Trinajstić information content (AvgIpc) is 2.76. The topological polar surface area (TPSA) is 75.2 Å². The molecule has 1 aromatic heterocycles. The van der Waals surface area contributed by atoms with Gasteiger partial charge in [0.05, 0.1) is 13.3 Å². The molecule has 2 aromatic carbocycles. The van der Waals surface area contributed by atoms with Crippen LogP contribution in [-0.2, 0) is 6.42 Å². The molecule has 3 aromatic rings. The maximum Gasteiger partial charge on any atom is 0.244 e. The van der Waals surface area contributed by atoms with Gasteiger partial charge in [0.2, 0.25) is 5.95 Å². The Balaban J connectivity index is 1.56. The molecule has 0 aliphatic heterocycles. The first kappa shape index (κ1) is 20.4. The molecule has 29 heavy (non-hydrogen) atoms. The van der Waals surface area contributed by atoms with Crippen molar-refractivity contribution in [2.75, 3.05) is 42.3 Å². The van der Waals surface area contributed by atoms with E-state index >= 15 is 0 Å². The molecule has 0 fully saturated rings. The van der Waals surface area contributed by atoms with Crippen LogP contribution in [0.4, 0.5) is 23.1 Å². The summed E-state index contributed by atoms with van der Waals surface area (Å²) in [7, 11) is 1.67. The monoisotopic (exact) mass is 392 g/mol. The van der Waals surface area contributed by atoms with Gasteiger partial charge in [-0.25, -0.2) is 0 Å². The number of benzene rings is 2. The van der Waals surface area contributed by atoms with Crippen LogP contribution in [0.5, 0.6) is 5.75 Å². The Labute approximate surface area is 172 Å². The number of nitrogens with one attached hydrogen (secondary N) is 2. The summed E-state index contributed by atoms with van der Waals surface area (Å²) in [5.41, 5.74) is 3.36. The average molecular weight is 393 g/mol. The number of methoxy groups -OCH3 is 1.